The van der Waals surface area contributed by atoms with Gasteiger partial charge in [0.05, 0.1) is 23.2 Å². The van der Waals surface area contributed by atoms with Crippen molar-refractivity contribution in [3.63, 3.8) is 0 Å². The smallest absolute Gasteiger partial charge is 0.0843 e. The molecule has 0 aliphatic heterocycles. The summed E-state index contributed by atoms with van der Waals surface area (Å²) in [4.78, 5) is 2.14. The standard InChI is InChI=1S/C14H18N4/c1-11(8-15)9-17(2)10-13-12-6-4-5-7-14(12)18(3)16-13/h4-7,11H,9-10H2,1-3H3. The molecular weight excluding hydrogens is 224 g/mol. The van der Waals surface area contributed by atoms with Gasteiger partial charge in [-0.3, -0.25) is 9.58 Å². The molecule has 4 heteroatoms. The van der Waals surface area contributed by atoms with Crippen LogP contribution in [-0.2, 0) is 13.6 Å². The zero-order valence-corrected chi connectivity index (χ0v) is 11.1. The lowest BCUT2D eigenvalue weighted by Crippen LogP contribution is -2.23. The molecule has 0 N–H and O–H groups in total. The van der Waals surface area contributed by atoms with E-state index < -0.39 is 0 Å². The fourth-order valence-corrected chi connectivity index (χ4v) is 2.23. The van der Waals surface area contributed by atoms with Crippen molar-refractivity contribution < 1.29 is 0 Å². The van der Waals surface area contributed by atoms with Gasteiger partial charge in [-0.1, -0.05) is 18.2 Å². The summed E-state index contributed by atoms with van der Waals surface area (Å²) in [5.74, 6) is 0.0463. The van der Waals surface area contributed by atoms with E-state index in [0.717, 1.165) is 24.3 Å². The third kappa shape index (κ3) is 2.52. The van der Waals surface area contributed by atoms with E-state index in [1.807, 2.05) is 37.8 Å². The molecule has 2 rings (SSSR count). The molecule has 0 saturated carbocycles. The van der Waals surface area contributed by atoms with Crippen molar-refractivity contribution in [2.24, 2.45) is 13.0 Å². The Morgan fingerprint density at radius 3 is 2.89 bits per heavy atom. The lowest BCUT2D eigenvalue weighted by atomic mass is 10.1. The topological polar surface area (TPSA) is 44.9 Å². The van der Waals surface area contributed by atoms with Crippen LogP contribution >= 0.6 is 0 Å². The molecule has 18 heavy (non-hydrogen) atoms. The highest BCUT2D eigenvalue weighted by molar-refractivity contribution is 5.81. The van der Waals surface area contributed by atoms with Gasteiger partial charge in [-0.25, -0.2) is 0 Å². The highest BCUT2D eigenvalue weighted by Gasteiger charge is 2.11. The Kier molecular flexibility index (Phi) is 3.63. The molecule has 0 spiro atoms. The summed E-state index contributed by atoms with van der Waals surface area (Å²) in [6, 6.07) is 10.5. The first-order chi connectivity index (χ1) is 8.61. The van der Waals surface area contributed by atoms with Crippen molar-refractivity contribution in [3.05, 3.63) is 30.0 Å². The largest absolute Gasteiger partial charge is 0.299 e. The molecule has 0 amide bonds. The molecule has 1 aromatic carbocycles. The number of fused-ring (bicyclic) bond motifs is 1. The van der Waals surface area contributed by atoms with E-state index in [0.29, 0.717) is 0 Å². The van der Waals surface area contributed by atoms with E-state index in [9.17, 15) is 0 Å². The number of para-hydroxylation sites is 1. The Bertz CT molecular complexity index is 579. The van der Waals surface area contributed by atoms with Crippen molar-refractivity contribution in [1.82, 2.24) is 14.7 Å². The predicted octanol–water partition coefficient (Wildman–Crippen LogP) is 2.16. The molecule has 94 valence electrons. The Morgan fingerprint density at radius 1 is 1.44 bits per heavy atom. The minimum Gasteiger partial charge on any atom is -0.299 e. The van der Waals surface area contributed by atoms with Gasteiger partial charge in [0.15, 0.2) is 0 Å². The van der Waals surface area contributed by atoms with Gasteiger partial charge in [0.25, 0.3) is 0 Å². The second kappa shape index (κ2) is 5.19. The molecule has 1 heterocycles. The maximum Gasteiger partial charge on any atom is 0.0843 e. The van der Waals surface area contributed by atoms with Gasteiger partial charge in [-0.15, -0.1) is 0 Å². The van der Waals surface area contributed by atoms with Crippen molar-refractivity contribution in [3.8, 4) is 6.07 Å². The average molecular weight is 242 g/mol. The first kappa shape index (κ1) is 12.6. The van der Waals surface area contributed by atoms with Crippen LogP contribution in [0.1, 0.15) is 12.6 Å². The second-order valence-electron chi connectivity index (χ2n) is 4.81. The van der Waals surface area contributed by atoms with E-state index in [4.69, 9.17) is 5.26 Å². The highest BCUT2D eigenvalue weighted by atomic mass is 15.3. The molecular formula is C14H18N4. The summed E-state index contributed by atoms with van der Waals surface area (Å²) in [6.07, 6.45) is 0. The number of benzene rings is 1. The van der Waals surface area contributed by atoms with Gasteiger partial charge in [0.2, 0.25) is 0 Å². The fraction of sp³-hybridized carbons (Fsp3) is 0.429. The van der Waals surface area contributed by atoms with Crippen LogP contribution < -0.4 is 0 Å². The molecule has 1 atom stereocenters. The van der Waals surface area contributed by atoms with E-state index in [2.05, 4.69) is 28.2 Å². The van der Waals surface area contributed by atoms with Crippen molar-refractivity contribution in [2.75, 3.05) is 13.6 Å². The molecule has 0 radical (unpaired) electrons. The fourth-order valence-electron chi connectivity index (χ4n) is 2.23. The van der Waals surface area contributed by atoms with E-state index in [1.54, 1.807) is 0 Å². The van der Waals surface area contributed by atoms with Gasteiger partial charge in [0.1, 0.15) is 0 Å². The number of aromatic nitrogens is 2. The quantitative estimate of drug-likeness (QED) is 0.825. The summed E-state index contributed by atoms with van der Waals surface area (Å²) < 4.78 is 1.91. The molecule has 1 unspecified atom stereocenters. The molecule has 0 bridgehead atoms. The van der Waals surface area contributed by atoms with Crippen molar-refractivity contribution in [2.45, 2.75) is 13.5 Å². The Morgan fingerprint density at radius 2 is 2.17 bits per heavy atom. The number of hydrogen-bond acceptors (Lipinski definition) is 3. The number of aryl methyl sites for hydroxylation is 1. The number of hydrogen-bond donors (Lipinski definition) is 0. The lowest BCUT2D eigenvalue weighted by Gasteiger charge is -2.16. The molecule has 0 fully saturated rings. The summed E-state index contributed by atoms with van der Waals surface area (Å²) in [6.45, 7) is 3.47. The van der Waals surface area contributed by atoms with Gasteiger partial charge in [-0.2, -0.15) is 10.4 Å². The van der Waals surface area contributed by atoms with E-state index in [-0.39, 0.29) is 5.92 Å². The van der Waals surface area contributed by atoms with Crippen LogP contribution in [0.15, 0.2) is 24.3 Å². The van der Waals surface area contributed by atoms with Gasteiger partial charge in [-0.05, 0) is 20.0 Å². The minimum absolute atomic E-state index is 0.0463. The lowest BCUT2D eigenvalue weighted by molar-refractivity contribution is 0.300. The molecule has 0 aliphatic rings. The zero-order chi connectivity index (χ0) is 13.1. The second-order valence-corrected chi connectivity index (χ2v) is 4.81. The predicted molar refractivity (Wildman–Crippen MR) is 71.8 cm³/mol. The van der Waals surface area contributed by atoms with Crippen LogP contribution in [0.4, 0.5) is 0 Å². The summed E-state index contributed by atoms with van der Waals surface area (Å²) >= 11 is 0. The minimum atomic E-state index is 0.0463. The van der Waals surface area contributed by atoms with Gasteiger partial charge >= 0.3 is 0 Å². The molecule has 1 aromatic heterocycles. The molecule has 4 nitrogen and oxygen atoms in total. The highest BCUT2D eigenvalue weighted by Crippen LogP contribution is 2.18. The van der Waals surface area contributed by atoms with E-state index >= 15 is 0 Å². The summed E-state index contributed by atoms with van der Waals surface area (Å²) in [5.41, 5.74) is 2.22. The summed E-state index contributed by atoms with van der Waals surface area (Å²) in [7, 11) is 3.99. The van der Waals surface area contributed by atoms with Crippen LogP contribution in [0.5, 0.6) is 0 Å². The van der Waals surface area contributed by atoms with Gasteiger partial charge < -0.3 is 0 Å². The van der Waals surface area contributed by atoms with Gasteiger partial charge in [0, 0.05) is 25.5 Å². The Labute approximate surface area is 107 Å². The SMILES string of the molecule is CC(C#N)CN(C)Cc1nn(C)c2ccccc12. The number of rotatable bonds is 4. The van der Waals surface area contributed by atoms with Crippen LogP contribution in [0, 0.1) is 17.2 Å². The van der Waals surface area contributed by atoms with Crippen LogP contribution in [-0.4, -0.2) is 28.3 Å². The van der Waals surface area contributed by atoms with Crippen LogP contribution in [0.2, 0.25) is 0 Å². The average Bonchev–Trinajstić information content (AvgIpc) is 2.67. The maximum absolute atomic E-state index is 8.83. The zero-order valence-electron chi connectivity index (χ0n) is 11.1. The number of nitriles is 1. The molecule has 0 aliphatic carbocycles. The van der Waals surface area contributed by atoms with Crippen LogP contribution in [0.3, 0.4) is 0 Å². The molecule has 2 aromatic rings. The van der Waals surface area contributed by atoms with Crippen molar-refractivity contribution >= 4 is 10.9 Å². The number of nitrogens with zero attached hydrogens (tertiary/aromatic N) is 4. The maximum atomic E-state index is 8.83. The van der Waals surface area contributed by atoms with Crippen molar-refractivity contribution in [1.29, 1.82) is 5.26 Å². The van der Waals surface area contributed by atoms with E-state index in [1.165, 1.54) is 5.39 Å². The Balaban J connectivity index is 2.20. The monoisotopic (exact) mass is 242 g/mol. The Hall–Kier alpha value is -1.86. The molecule has 0 saturated heterocycles. The normalized spacial score (nSPS) is 12.8. The third-order valence-corrected chi connectivity index (χ3v) is 3.06. The first-order valence-electron chi connectivity index (χ1n) is 6.10. The van der Waals surface area contributed by atoms with Crippen LogP contribution in [0.25, 0.3) is 10.9 Å². The third-order valence-electron chi connectivity index (χ3n) is 3.06. The first-order valence-corrected chi connectivity index (χ1v) is 6.10. The summed E-state index contributed by atoms with van der Waals surface area (Å²) in [5, 5.41) is 14.6.